The lowest BCUT2D eigenvalue weighted by Gasteiger charge is -2.48. The highest BCUT2D eigenvalue weighted by Gasteiger charge is 2.74. The van der Waals surface area contributed by atoms with Crippen molar-refractivity contribution in [2.24, 2.45) is 11.8 Å². The van der Waals surface area contributed by atoms with Crippen molar-refractivity contribution in [2.75, 3.05) is 12.0 Å². The van der Waals surface area contributed by atoms with E-state index >= 15 is 0 Å². The molecule has 158 valence electrons. The summed E-state index contributed by atoms with van der Waals surface area (Å²) in [5.41, 5.74) is 1.05. The standard InChI is InChI=1S/C25H18N2O5/c1-32-15-8-6-7-14(13-15)26-23(28)21-20-16-9-2-4-11-18(16)25(27(30)31,22(21)24(26)29)19-12-5-3-10-17(19)20/h2-13,20-22H,1H3. The van der Waals surface area contributed by atoms with Crippen LogP contribution in [0, 0.1) is 22.0 Å². The zero-order valence-electron chi connectivity index (χ0n) is 17.1. The quantitative estimate of drug-likeness (QED) is 0.363. The minimum Gasteiger partial charge on any atom is -0.497 e. The van der Waals surface area contributed by atoms with Gasteiger partial charge in [-0.2, -0.15) is 0 Å². The van der Waals surface area contributed by atoms with Crippen molar-refractivity contribution in [3.63, 3.8) is 0 Å². The van der Waals surface area contributed by atoms with E-state index in [0.29, 0.717) is 22.6 Å². The minimum atomic E-state index is -1.81. The van der Waals surface area contributed by atoms with Crippen molar-refractivity contribution >= 4 is 17.5 Å². The van der Waals surface area contributed by atoms with E-state index in [9.17, 15) is 19.7 Å². The molecule has 1 fully saturated rings. The number of hydrogen-bond donors (Lipinski definition) is 0. The SMILES string of the molecule is COc1cccc(N2C(=O)C3C4c5ccccc5C([N+](=O)[O-])(c5ccccc54)C3C2=O)c1. The summed E-state index contributed by atoms with van der Waals surface area (Å²) in [6.45, 7) is 0. The molecule has 2 atom stereocenters. The van der Waals surface area contributed by atoms with Gasteiger partial charge < -0.3 is 4.74 Å². The van der Waals surface area contributed by atoms with Crippen molar-refractivity contribution in [2.45, 2.75) is 11.5 Å². The summed E-state index contributed by atoms with van der Waals surface area (Å²) < 4.78 is 5.26. The van der Waals surface area contributed by atoms with Gasteiger partial charge in [0.15, 0.2) is 0 Å². The number of nitrogens with zero attached hydrogens (tertiary/aromatic N) is 2. The highest BCUT2D eigenvalue weighted by molar-refractivity contribution is 6.23. The van der Waals surface area contributed by atoms with Crippen LogP contribution in [-0.4, -0.2) is 23.8 Å². The van der Waals surface area contributed by atoms with Crippen LogP contribution in [0.5, 0.6) is 5.75 Å². The van der Waals surface area contributed by atoms with Gasteiger partial charge in [0.05, 0.1) is 18.7 Å². The van der Waals surface area contributed by atoms with Gasteiger partial charge in [-0.1, -0.05) is 54.6 Å². The topological polar surface area (TPSA) is 89.8 Å². The first-order valence-corrected chi connectivity index (χ1v) is 10.4. The molecule has 1 saturated heterocycles. The zero-order valence-corrected chi connectivity index (χ0v) is 17.1. The molecule has 32 heavy (non-hydrogen) atoms. The average molecular weight is 426 g/mol. The Hall–Kier alpha value is -4.00. The number of methoxy groups -OCH3 is 1. The molecule has 4 aliphatic rings. The number of carbonyl (C=O) groups is 2. The molecule has 7 nitrogen and oxygen atoms in total. The molecule has 3 aromatic carbocycles. The lowest BCUT2D eigenvalue weighted by atomic mass is 9.51. The second kappa shape index (κ2) is 6.26. The van der Waals surface area contributed by atoms with Crippen molar-refractivity contribution in [3.05, 3.63) is 105 Å². The number of nitro groups is 1. The van der Waals surface area contributed by atoms with E-state index in [0.717, 1.165) is 16.0 Å². The molecule has 2 amide bonds. The van der Waals surface area contributed by atoms with E-state index < -0.39 is 35.1 Å². The van der Waals surface area contributed by atoms with Gasteiger partial charge in [0.25, 0.3) is 5.54 Å². The maximum atomic E-state index is 13.8. The Balaban J connectivity index is 1.65. The fourth-order valence-corrected chi connectivity index (χ4v) is 6.05. The predicted molar refractivity (Wildman–Crippen MR) is 115 cm³/mol. The van der Waals surface area contributed by atoms with Gasteiger partial charge in [0.1, 0.15) is 11.7 Å². The number of imide groups is 1. The molecule has 0 aromatic heterocycles. The summed E-state index contributed by atoms with van der Waals surface area (Å²) >= 11 is 0. The number of carbonyl (C=O) groups excluding carboxylic acids is 2. The first-order valence-electron chi connectivity index (χ1n) is 10.4. The van der Waals surface area contributed by atoms with Gasteiger partial charge >= 0.3 is 0 Å². The van der Waals surface area contributed by atoms with Crippen LogP contribution in [0.1, 0.15) is 28.2 Å². The fourth-order valence-electron chi connectivity index (χ4n) is 6.05. The molecule has 2 unspecified atom stereocenters. The minimum absolute atomic E-state index is 0.361. The molecule has 2 bridgehead atoms. The normalized spacial score (nSPS) is 27.0. The molecular weight excluding hydrogens is 408 g/mol. The summed E-state index contributed by atoms with van der Waals surface area (Å²) in [5.74, 6) is -2.83. The summed E-state index contributed by atoms with van der Waals surface area (Å²) in [7, 11) is 1.50. The number of benzene rings is 3. The molecule has 1 aliphatic heterocycles. The van der Waals surface area contributed by atoms with E-state index in [-0.39, 0.29) is 4.92 Å². The number of rotatable bonds is 3. The molecule has 3 aromatic rings. The van der Waals surface area contributed by atoms with Crippen molar-refractivity contribution in [3.8, 4) is 5.75 Å². The molecule has 0 saturated carbocycles. The van der Waals surface area contributed by atoms with Gasteiger partial charge in [0.2, 0.25) is 11.8 Å². The summed E-state index contributed by atoms with van der Waals surface area (Å²) in [6.07, 6.45) is 0. The predicted octanol–water partition coefficient (Wildman–Crippen LogP) is 3.48. The largest absolute Gasteiger partial charge is 0.497 e. The lowest BCUT2D eigenvalue weighted by Crippen LogP contribution is -2.57. The molecule has 1 heterocycles. The molecule has 0 N–H and O–H groups in total. The Morgan fingerprint density at radius 3 is 2.12 bits per heavy atom. The summed E-state index contributed by atoms with van der Waals surface area (Å²) in [5, 5.41) is 12.9. The van der Waals surface area contributed by atoms with Crippen LogP contribution in [0.15, 0.2) is 72.8 Å². The van der Waals surface area contributed by atoms with Gasteiger partial charge in [-0.3, -0.25) is 19.7 Å². The maximum absolute atomic E-state index is 13.8. The van der Waals surface area contributed by atoms with E-state index in [4.69, 9.17) is 4.74 Å². The maximum Gasteiger partial charge on any atom is 0.285 e. The van der Waals surface area contributed by atoms with Crippen molar-refractivity contribution in [1.82, 2.24) is 0 Å². The fraction of sp³-hybridized carbons (Fsp3) is 0.200. The average Bonchev–Trinajstić information content (AvgIpc) is 3.09. The Morgan fingerprint density at radius 2 is 1.53 bits per heavy atom. The van der Waals surface area contributed by atoms with E-state index in [1.807, 2.05) is 24.3 Å². The number of ether oxygens (including phenoxy) is 1. The summed E-state index contributed by atoms with van der Waals surface area (Å²) in [6, 6.07) is 21.0. The zero-order chi connectivity index (χ0) is 22.2. The molecular formula is C25H18N2O5. The van der Waals surface area contributed by atoms with Crippen LogP contribution in [-0.2, 0) is 15.1 Å². The highest BCUT2D eigenvalue weighted by Crippen LogP contribution is 2.64. The smallest absolute Gasteiger partial charge is 0.285 e. The van der Waals surface area contributed by atoms with E-state index in [1.165, 1.54) is 7.11 Å². The first kappa shape index (κ1) is 18.7. The second-order valence-corrected chi connectivity index (χ2v) is 8.39. The van der Waals surface area contributed by atoms with Crippen LogP contribution in [0.2, 0.25) is 0 Å². The van der Waals surface area contributed by atoms with Crippen LogP contribution in [0.3, 0.4) is 0 Å². The number of anilines is 1. The van der Waals surface area contributed by atoms with Gasteiger partial charge in [-0.15, -0.1) is 0 Å². The van der Waals surface area contributed by atoms with Crippen LogP contribution in [0.25, 0.3) is 0 Å². The molecule has 3 aliphatic carbocycles. The van der Waals surface area contributed by atoms with Crippen molar-refractivity contribution < 1.29 is 19.2 Å². The van der Waals surface area contributed by atoms with Gasteiger partial charge in [-0.25, -0.2) is 4.90 Å². The number of hydrogen-bond acceptors (Lipinski definition) is 5. The molecule has 0 spiro atoms. The Kier molecular flexibility index (Phi) is 3.67. The molecule has 7 heteroatoms. The summed E-state index contributed by atoms with van der Waals surface area (Å²) in [4.78, 5) is 41.2. The first-order chi connectivity index (χ1) is 15.5. The third-order valence-electron chi connectivity index (χ3n) is 7.17. The Morgan fingerprint density at radius 1 is 0.906 bits per heavy atom. The monoisotopic (exact) mass is 426 g/mol. The van der Waals surface area contributed by atoms with Crippen LogP contribution >= 0.6 is 0 Å². The van der Waals surface area contributed by atoms with Crippen LogP contribution in [0.4, 0.5) is 5.69 Å². The lowest BCUT2D eigenvalue weighted by molar-refractivity contribution is -0.578. The van der Waals surface area contributed by atoms with Gasteiger partial charge in [0, 0.05) is 28.0 Å². The Labute approximate surface area is 183 Å². The third kappa shape index (κ3) is 2.01. The van der Waals surface area contributed by atoms with E-state index in [1.54, 1.807) is 48.5 Å². The van der Waals surface area contributed by atoms with Crippen molar-refractivity contribution in [1.29, 1.82) is 0 Å². The van der Waals surface area contributed by atoms with E-state index in [2.05, 4.69) is 0 Å². The molecule has 0 radical (unpaired) electrons. The number of amides is 2. The Bertz CT molecular complexity index is 1290. The van der Waals surface area contributed by atoms with Gasteiger partial charge in [-0.05, 0) is 23.3 Å². The third-order valence-corrected chi connectivity index (χ3v) is 7.17. The van der Waals surface area contributed by atoms with Crippen LogP contribution < -0.4 is 9.64 Å². The highest BCUT2D eigenvalue weighted by atomic mass is 16.6. The molecule has 7 rings (SSSR count). The second-order valence-electron chi connectivity index (χ2n) is 8.39.